The highest BCUT2D eigenvalue weighted by atomic mass is 31.2. The first-order valence-corrected chi connectivity index (χ1v) is 14.2. The molecule has 0 radical (unpaired) electrons. The first kappa shape index (κ1) is 24.5. The molecule has 0 saturated heterocycles. The minimum atomic E-state index is -2.56. The van der Waals surface area contributed by atoms with Gasteiger partial charge in [-0.1, -0.05) is 12.1 Å². The van der Waals surface area contributed by atoms with Crippen molar-refractivity contribution in [2.24, 2.45) is 0 Å². The minimum Gasteiger partial charge on any atom is -0.385 e. The van der Waals surface area contributed by atoms with Crippen LogP contribution >= 0.6 is 7.14 Å². The Kier molecular flexibility index (Phi) is 7.25. The molecule has 0 fully saturated rings. The van der Waals surface area contributed by atoms with Crippen molar-refractivity contribution in [2.45, 2.75) is 6.42 Å². The van der Waals surface area contributed by atoms with E-state index in [1.807, 2.05) is 36.4 Å². The molecule has 0 amide bonds. The summed E-state index contributed by atoms with van der Waals surface area (Å²) in [5, 5.41) is 14.4. The predicted octanol–water partition coefficient (Wildman–Crippen LogP) is 5.52. The summed E-state index contributed by atoms with van der Waals surface area (Å²) in [6.45, 7) is 5.51. The van der Waals surface area contributed by atoms with E-state index in [0.717, 1.165) is 53.1 Å². The monoisotopic (exact) mass is 486 g/mol. The molecule has 0 saturated carbocycles. The molecule has 0 aliphatic heterocycles. The first-order chi connectivity index (χ1) is 16.8. The summed E-state index contributed by atoms with van der Waals surface area (Å²) in [6, 6.07) is 22.0. The van der Waals surface area contributed by atoms with Crippen LogP contribution in [0.1, 0.15) is 12.0 Å². The van der Waals surface area contributed by atoms with Crippen molar-refractivity contribution in [3.63, 3.8) is 0 Å². The number of aromatic amines is 1. The number of aromatic nitrogens is 2. The summed E-state index contributed by atoms with van der Waals surface area (Å²) in [5.41, 5.74) is 4.02. The number of nitrogens with one attached hydrogen (secondary N) is 2. The maximum atomic E-state index is 13.2. The number of pyridine rings is 1. The van der Waals surface area contributed by atoms with Crippen molar-refractivity contribution in [1.29, 1.82) is 5.26 Å². The lowest BCUT2D eigenvalue weighted by Crippen LogP contribution is -2.19. The SMILES string of the molecule is CN(C)CCCNc1ccc(N(c2cc3cc(C#N)cnc3[nH]2)c2ccccc2P(C)(C)=O)cc1. The quantitative estimate of drug-likeness (QED) is 0.239. The molecule has 2 aromatic carbocycles. The molecule has 4 aromatic rings. The minimum absolute atomic E-state index is 0.506. The van der Waals surface area contributed by atoms with E-state index in [-0.39, 0.29) is 0 Å². The van der Waals surface area contributed by atoms with E-state index in [9.17, 15) is 9.83 Å². The molecule has 35 heavy (non-hydrogen) atoms. The van der Waals surface area contributed by atoms with Crippen LogP contribution in [0, 0.1) is 11.3 Å². The van der Waals surface area contributed by atoms with Gasteiger partial charge in [0.05, 0.1) is 11.3 Å². The Bertz CT molecular complexity index is 1400. The third kappa shape index (κ3) is 5.74. The van der Waals surface area contributed by atoms with Gasteiger partial charge in [-0.3, -0.25) is 4.90 Å². The van der Waals surface area contributed by atoms with Crippen molar-refractivity contribution >= 4 is 46.4 Å². The molecule has 4 rings (SSSR count). The topological polar surface area (TPSA) is 88.0 Å². The fourth-order valence-electron chi connectivity index (χ4n) is 4.06. The molecule has 0 aliphatic carbocycles. The van der Waals surface area contributed by atoms with Crippen LogP contribution in [0.25, 0.3) is 11.0 Å². The smallest absolute Gasteiger partial charge is 0.138 e. The number of fused-ring (bicyclic) bond motifs is 1. The van der Waals surface area contributed by atoms with E-state index in [1.54, 1.807) is 19.5 Å². The Morgan fingerprint density at radius 1 is 1.09 bits per heavy atom. The average Bonchev–Trinajstić information content (AvgIpc) is 3.25. The van der Waals surface area contributed by atoms with Gasteiger partial charge in [-0.05, 0) is 88.9 Å². The van der Waals surface area contributed by atoms with Gasteiger partial charge in [0.2, 0.25) is 0 Å². The van der Waals surface area contributed by atoms with Crippen LogP contribution in [0.2, 0.25) is 0 Å². The van der Waals surface area contributed by atoms with Gasteiger partial charge in [-0.15, -0.1) is 0 Å². The van der Waals surface area contributed by atoms with Gasteiger partial charge in [0.1, 0.15) is 24.7 Å². The van der Waals surface area contributed by atoms with Crippen LogP contribution in [0.4, 0.5) is 22.9 Å². The van der Waals surface area contributed by atoms with Gasteiger partial charge in [0.25, 0.3) is 0 Å². The van der Waals surface area contributed by atoms with Gasteiger partial charge in [0, 0.05) is 34.8 Å². The summed E-state index contributed by atoms with van der Waals surface area (Å²) >= 11 is 0. The molecule has 0 bridgehead atoms. The Hall–Kier alpha value is -3.59. The maximum absolute atomic E-state index is 13.2. The average molecular weight is 487 g/mol. The van der Waals surface area contributed by atoms with Gasteiger partial charge in [-0.25, -0.2) is 4.98 Å². The molecule has 0 aliphatic rings. The molecular weight excluding hydrogens is 455 g/mol. The molecule has 7 nitrogen and oxygen atoms in total. The molecule has 0 spiro atoms. The first-order valence-electron chi connectivity index (χ1n) is 11.6. The number of nitrogens with zero attached hydrogens (tertiary/aromatic N) is 4. The second-order valence-electron chi connectivity index (χ2n) is 9.23. The van der Waals surface area contributed by atoms with E-state index in [0.29, 0.717) is 11.2 Å². The number of nitriles is 1. The standard InChI is InChI=1S/C27H31N6OP/c1-32(2)15-7-14-29-22-10-12-23(13-11-22)33(24-8-5-6-9-25(24)35(3,4)34)26-17-21-16-20(18-28)19-30-27(21)31-26/h5-6,8-13,16-17,19,29H,7,14-15H2,1-4H3,(H,30,31). The molecule has 2 aromatic heterocycles. The van der Waals surface area contributed by atoms with Crippen LogP contribution in [-0.2, 0) is 4.57 Å². The summed E-state index contributed by atoms with van der Waals surface area (Å²) in [7, 11) is 1.59. The second kappa shape index (κ2) is 10.4. The molecule has 8 heteroatoms. The van der Waals surface area contributed by atoms with E-state index < -0.39 is 7.14 Å². The number of H-pyrrole nitrogens is 1. The van der Waals surface area contributed by atoms with E-state index in [1.165, 1.54) is 0 Å². The van der Waals surface area contributed by atoms with Crippen LogP contribution in [0.5, 0.6) is 0 Å². The number of anilines is 4. The third-order valence-electron chi connectivity index (χ3n) is 5.77. The van der Waals surface area contributed by atoms with Gasteiger partial charge >= 0.3 is 0 Å². The third-order valence-corrected chi connectivity index (χ3v) is 7.30. The Labute approximate surface area is 206 Å². The van der Waals surface area contributed by atoms with E-state index in [4.69, 9.17) is 0 Å². The summed E-state index contributed by atoms with van der Waals surface area (Å²) < 4.78 is 13.2. The van der Waals surface area contributed by atoms with Crippen LogP contribution < -0.4 is 15.5 Å². The summed E-state index contributed by atoms with van der Waals surface area (Å²) in [4.78, 5) is 12.0. The number of hydrogen-bond acceptors (Lipinski definition) is 6. The largest absolute Gasteiger partial charge is 0.385 e. The lowest BCUT2D eigenvalue weighted by atomic mass is 10.2. The number of rotatable bonds is 9. The Balaban J connectivity index is 1.75. The maximum Gasteiger partial charge on any atom is 0.138 e. The lowest BCUT2D eigenvalue weighted by molar-refractivity contribution is 0.405. The zero-order valence-electron chi connectivity index (χ0n) is 20.6. The highest BCUT2D eigenvalue weighted by molar-refractivity contribution is 7.70. The molecule has 180 valence electrons. The molecular formula is C27H31N6OP. The fourth-order valence-corrected chi connectivity index (χ4v) is 5.23. The van der Waals surface area contributed by atoms with Crippen LogP contribution in [0.3, 0.4) is 0 Å². The van der Waals surface area contributed by atoms with Gasteiger partial charge in [0.15, 0.2) is 0 Å². The molecule has 0 atom stereocenters. The number of hydrogen-bond donors (Lipinski definition) is 2. The zero-order chi connectivity index (χ0) is 25.0. The fraction of sp³-hybridized carbons (Fsp3) is 0.259. The van der Waals surface area contributed by atoms with Crippen LogP contribution in [-0.4, -0.2) is 55.4 Å². The number of benzene rings is 2. The van der Waals surface area contributed by atoms with Crippen molar-refractivity contribution in [2.75, 3.05) is 50.7 Å². The van der Waals surface area contributed by atoms with E-state index in [2.05, 4.69) is 69.5 Å². The van der Waals surface area contributed by atoms with E-state index >= 15 is 0 Å². The van der Waals surface area contributed by atoms with Crippen LogP contribution in [0.15, 0.2) is 66.9 Å². The van der Waals surface area contributed by atoms with Gasteiger partial charge in [-0.2, -0.15) is 5.26 Å². The molecule has 2 N–H and O–H groups in total. The second-order valence-corrected chi connectivity index (χ2v) is 12.4. The highest BCUT2D eigenvalue weighted by Crippen LogP contribution is 2.43. The van der Waals surface area contributed by atoms with Crippen molar-refractivity contribution in [3.05, 3.63) is 72.4 Å². The summed E-state index contributed by atoms with van der Waals surface area (Å²) in [5.74, 6) is 0.787. The van der Waals surface area contributed by atoms with Crippen molar-refractivity contribution < 1.29 is 4.57 Å². The lowest BCUT2D eigenvalue weighted by Gasteiger charge is -2.27. The van der Waals surface area contributed by atoms with Crippen molar-refractivity contribution in [3.8, 4) is 6.07 Å². The summed E-state index contributed by atoms with van der Waals surface area (Å²) in [6.07, 6.45) is 2.62. The predicted molar refractivity (Wildman–Crippen MR) is 146 cm³/mol. The highest BCUT2D eigenvalue weighted by Gasteiger charge is 2.23. The Morgan fingerprint density at radius 3 is 2.51 bits per heavy atom. The normalized spacial score (nSPS) is 11.5. The Morgan fingerprint density at radius 2 is 1.83 bits per heavy atom. The molecule has 2 heterocycles. The number of para-hydroxylation sites is 1. The molecule has 0 unspecified atom stereocenters. The van der Waals surface area contributed by atoms with Crippen molar-refractivity contribution in [1.82, 2.24) is 14.9 Å². The van der Waals surface area contributed by atoms with Gasteiger partial charge < -0.3 is 19.8 Å². The zero-order valence-corrected chi connectivity index (χ0v) is 21.5.